The highest BCUT2D eigenvalue weighted by atomic mass is 15.3. The molecule has 0 atom stereocenters. The van der Waals surface area contributed by atoms with Crippen LogP contribution < -0.4 is 5.32 Å². The molecule has 1 aromatic heterocycles. The Labute approximate surface area is 98.2 Å². The van der Waals surface area contributed by atoms with Crippen molar-refractivity contribution in [2.24, 2.45) is 5.92 Å². The van der Waals surface area contributed by atoms with Gasteiger partial charge in [-0.15, -0.1) is 0 Å². The lowest BCUT2D eigenvalue weighted by molar-refractivity contribution is 0.355. The summed E-state index contributed by atoms with van der Waals surface area (Å²) in [4.78, 5) is 0. The molecule has 3 heteroatoms. The van der Waals surface area contributed by atoms with Crippen LogP contribution in [0.3, 0.4) is 0 Å². The monoisotopic (exact) mass is 221 g/mol. The van der Waals surface area contributed by atoms with Gasteiger partial charge in [0.05, 0.1) is 17.4 Å². The van der Waals surface area contributed by atoms with Gasteiger partial charge in [-0.25, -0.2) is 0 Å². The number of anilines is 1. The zero-order valence-electron chi connectivity index (χ0n) is 10.7. The molecule has 3 nitrogen and oxygen atoms in total. The number of hydrogen-bond donors (Lipinski definition) is 1. The summed E-state index contributed by atoms with van der Waals surface area (Å²) in [5, 5.41) is 7.88. The Hall–Kier alpha value is -0.990. The third-order valence-electron chi connectivity index (χ3n) is 3.34. The zero-order valence-corrected chi connectivity index (χ0v) is 10.7. The van der Waals surface area contributed by atoms with Crippen LogP contribution in [0.5, 0.6) is 0 Å². The third-order valence-corrected chi connectivity index (χ3v) is 3.34. The van der Waals surface area contributed by atoms with Gasteiger partial charge >= 0.3 is 0 Å². The van der Waals surface area contributed by atoms with Gasteiger partial charge < -0.3 is 5.32 Å². The van der Waals surface area contributed by atoms with Crippen LogP contribution >= 0.6 is 0 Å². The molecule has 0 aliphatic heterocycles. The molecule has 1 heterocycles. The van der Waals surface area contributed by atoms with Gasteiger partial charge in [0.25, 0.3) is 0 Å². The van der Waals surface area contributed by atoms with E-state index in [1.165, 1.54) is 25.7 Å². The molecule has 2 rings (SSSR count). The summed E-state index contributed by atoms with van der Waals surface area (Å²) >= 11 is 0. The Morgan fingerprint density at radius 3 is 2.62 bits per heavy atom. The average Bonchev–Trinajstić information content (AvgIpc) is 2.85. The van der Waals surface area contributed by atoms with Crippen molar-refractivity contribution in [1.29, 1.82) is 0 Å². The maximum Gasteiger partial charge on any atom is 0.0726 e. The molecule has 1 aliphatic carbocycles. The predicted molar refractivity (Wildman–Crippen MR) is 67.7 cm³/mol. The standard InChI is InChI=1S/C13H23N3/c1-13(2,3)16-10-12(9-15-16)14-8-11-6-4-5-7-11/h9-11,14H,4-8H2,1-3H3. The van der Waals surface area contributed by atoms with E-state index in [4.69, 9.17) is 0 Å². The van der Waals surface area contributed by atoms with E-state index < -0.39 is 0 Å². The Bertz CT molecular complexity index is 329. The fraction of sp³-hybridized carbons (Fsp3) is 0.769. The third kappa shape index (κ3) is 2.77. The van der Waals surface area contributed by atoms with Gasteiger partial charge in [-0.05, 0) is 39.5 Å². The summed E-state index contributed by atoms with van der Waals surface area (Å²) in [6, 6.07) is 0. The predicted octanol–water partition coefficient (Wildman–Crippen LogP) is 3.24. The first-order valence-electron chi connectivity index (χ1n) is 6.35. The molecule has 1 aromatic rings. The van der Waals surface area contributed by atoms with Gasteiger partial charge in [0.1, 0.15) is 0 Å². The molecule has 1 aliphatic rings. The van der Waals surface area contributed by atoms with Crippen molar-refractivity contribution in [1.82, 2.24) is 9.78 Å². The fourth-order valence-electron chi connectivity index (χ4n) is 2.26. The van der Waals surface area contributed by atoms with Crippen molar-refractivity contribution in [3.63, 3.8) is 0 Å². The van der Waals surface area contributed by atoms with Gasteiger partial charge in [0, 0.05) is 12.7 Å². The van der Waals surface area contributed by atoms with Gasteiger partial charge in [-0.2, -0.15) is 5.10 Å². The number of rotatable bonds is 3. The quantitative estimate of drug-likeness (QED) is 0.849. The van der Waals surface area contributed by atoms with Gasteiger partial charge in [-0.1, -0.05) is 12.8 Å². The maximum absolute atomic E-state index is 4.39. The minimum absolute atomic E-state index is 0.0767. The van der Waals surface area contributed by atoms with Gasteiger partial charge in [0.2, 0.25) is 0 Å². The van der Waals surface area contributed by atoms with E-state index in [2.05, 4.69) is 37.4 Å². The van der Waals surface area contributed by atoms with Crippen LogP contribution in [-0.2, 0) is 5.54 Å². The second-order valence-electron chi connectivity index (χ2n) is 5.88. The van der Waals surface area contributed by atoms with Crippen LogP contribution in [0.25, 0.3) is 0 Å². The molecule has 0 spiro atoms. The Balaban J connectivity index is 1.87. The second-order valence-corrected chi connectivity index (χ2v) is 5.88. The molecular formula is C13H23N3. The van der Waals surface area contributed by atoms with Crippen LogP contribution in [-0.4, -0.2) is 16.3 Å². The Kier molecular flexibility index (Phi) is 3.22. The zero-order chi connectivity index (χ0) is 11.6. The van der Waals surface area contributed by atoms with Crippen molar-refractivity contribution >= 4 is 5.69 Å². The molecule has 0 bridgehead atoms. The molecule has 1 N–H and O–H groups in total. The first kappa shape index (κ1) is 11.5. The molecule has 16 heavy (non-hydrogen) atoms. The smallest absolute Gasteiger partial charge is 0.0726 e. The highest BCUT2D eigenvalue weighted by molar-refractivity contribution is 5.38. The second kappa shape index (κ2) is 4.48. The summed E-state index contributed by atoms with van der Waals surface area (Å²) < 4.78 is 2.02. The van der Waals surface area contributed by atoms with Crippen LogP contribution in [0, 0.1) is 5.92 Å². The van der Waals surface area contributed by atoms with Crippen molar-refractivity contribution < 1.29 is 0 Å². The van der Waals surface area contributed by atoms with Crippen LogP contribution in [0.4, 0.5) is 5.69 Å². The number of aromatic nitrogens is 2. The minimum Gasteiger partial charge on any atom is -0.382 e. The fourth-order valence-corrected chi connectivity index (χ4v) is 2.26. The van der Waals surface area contributed by atoms with Crippen LogP contribution in [0.1, 0.15) is 46.5 Å². The summed E-state index contributed by atoms with van der Waals surface area (Å²) in [6.07, 6.45) is 9.64. The van der Waals surface area contributed by atoms with Crippen molar-refractivity contribution in [3.05, 3.63) is 12.4 Å². The molecule has 0 aromatic carbocycles. The van der Waals surface area contributed by atoms with E-state index in [0.29, 0.717) is 0 Å². The molecule has 0 saturated heterocycles. The normalized spacial score (nSPS) is 17.9. The highest BCUT2D eigenvalue weighted by Crippen LogP contribution is 2.25. The average molecular weight is 221 g/mol. The van der Waals surface area contributed by atoms with Crippen molar-refractivity contribution in [3.8, 4) is 0 Å². The van der Waals surface area contributed by atoms with E-state index in [1.54, 1.807) is 0 Å². The molecular weight excluding hydrogens is 198 g/mol. The van der Waals surface area contributed by atoms with Gasteiger partial charge in [0.15, 0.2) is 0 Å². The number of hydrogen-bond acceptors (Lipinski definition) is 2. The Morgan fingerprint density at radius 2 is 2.06 bits per heavy atom. The highest BCUT2D eigenvalue weighted by Gasteiger charge is 2.16. The summed E-state index contributed by atoms with van der Waals surface area (Å²) in [5.41, 5.74) is 1.23. The van der Waals surface area contributed by atoms with E-state index in [-0.39, 0.29) is 5.54 Å². The maximum atomic E-state index is 4.39. The topological polar surface area (TPSA) is 29.9 Å². The van der Waals surface area contributed by atoms with Crippen LogP contribution in [0.15, 0.2) is 12.4 Å². The molecule has 0 unspecified atom stereocenters. The van der Waals surface area contributed by atoms with E-state index in [9.17, 15) is 0 Å². The minimum atomic E-state index is 0.0767. The van der Waals surface area contributed by atoms with Gasteiger partial charge in [-0.3, -0.25) is 4.68 Å². The first-order chi connectivity index (χ1) is 7.55. The summed E-state index contributed by atoms with van der Waals surface area (Å²) in [5.74, 6) is 0.873. The van der Waals surface area contributed by atoms with E-state index >= 15 is 0 Å². The Morgan fingerprint density at radius 1 is 1.38 bits per heavy atom. The lowest BCUT2D eigenvalue weighted by Crippen LogP contribution is -2.22. The molecule has 1 fully saturated rings. The number of nitrogens with zero attached hydrogens (tertiary/aromatic N) is 2. The van der Waals surface area contributed by atoms with Crippen LogP contribution in [0.2, 0.25) is 0 Å². The summed E-state index contributed by atoms with van der Waals surface area (Å²) in [6.45, 7) is 7.61. The SMILES string of the molecule is CC(C)(C)n1cc(NCC2CCCC2)cn1. The van der Waals surface area contributed by atoms with Crippen molar-refractivity contribution in [2.75, 3.05) is 11.9 Å². The molecule has 1 saturated carbocycles. The molecule has 90 valence electrons. The van der Waals surface area contributed by atoms with Crippen molar-refractivity contribution in [2.45, 2.75) is 52.0 Å². The largest absolute Gasteiger partial charge is 0.382 e. The van der Waals surface area contributed by atoms with E-state index in [1.807, 2.05) is 10.9 Å². The molecule has 0 amide bonds. The molecule has 0 radical (unpaired) electrons. The lowest BCUT2D eigenvalue weighted by Gasteiger charge is -2.18. The van der Waals surface area contributed by atoms with E-state index in [0.717, 1.165) is 18.2 Å². The lowest BCUT2D eigenvalue weighted by atomic mass is 10.1. The summed E-state index contributed by atoms with van der Waals surface area (Å²) in [7, 11) is 0. The number of nitrogens with one attached hydrogen (secondary N) is 1. The first-order valence-corrected chi connectivity index (χ1v) is 6.35.